The monoisotopic (exact) mass is 598 g/mol. The Balaban J connectivity index is 3.82. The summed E-state index contributed by atoms with van der Waals surface area (Å²) in [6.45, 7) is 4.20. The Bertz CT molecular complexity index is 777. The second-order valence-corrected chi connectivity index (χ2v) is 11.6. The van der Waals surface area contributed by atoms with Gasteiger partial charge in [0.25, 0.3) is 0 Å². The highest BCUT2D eigenvalue weighted by molar-refractivity contribution is 5.76. The molecule has 0 aliphatic rings. The van der Waals surface area contributed by atoms with Crippen LogP contribution in [0.15, 0.2) is 72.9 Å². The Morgan fingerprint density at radius 2 is 1.02 bits per heavy atom. The van der Waals surface area contributed by atoms with E-state index in [1.54, 1.807) is 12.2 Å². The Hall–Kier alpha value is -2.17. The number of carbonyl (C=O) groups is 1. The largest absolute Gasteiger partial charge is 0.394 e. The van der Waals surface area contributed by atoms with Crippen molar-refractivity contribution in [1.82, 2.24) is 5.32 Å². The molecule has 0 aliphatic carbocycles. The molecule has 3 N–H and O–H groups in total. The predicted molar refractivity (Wildman–Crippen MR) is 188 cm³/mol. The zero-order chi connectivity index (χ0) is 31.5. The van der Waals surface area contributed by atoms with Crippen LogP contribution in [0, 0.1) is 0 Å². The molecule has 0 heterocycles. The van der Waals surface area contributed by atoms with E-state index >= 15 is 0 Å². The maximum atomic E-state index is 12.2. The molecule has 4 nitrogen and oxygen atoms in total. The first-order valence-corrected chi connectivity index (χ1v) is 17.7. The third kappa shape index (κ3) is 31.1. The lowest BCUT2D eigenvalue weighted by atomic mass is 10.1. The van der Waals surface area contributed by atoms with Gasteiger partial charge < -0.3 is 15.5 Å². The van der Waals surface area contributed by atoms with Crippen LogP contribution in [-0.4, -0.2) is 34.9 Å². The number of rotatable bonds is 30. The maximum Gasteiger partial charge on any atom is 0.220 e. The fraction of sp³-hybridized carbons (Fsp3) is 0.667. The van der Waals surface area contributed by atoms with Crippen LogP contribution < -0.4 is 5.32 Å². The van der Waals surface area contributed by atoms with Crippen molar-refractivity contribution in [2.45, 2.75) is 161 Å². The number of amides is 1. The molecule has 246 valence electrons. The molecule has 0 saturated carbocycles. The molecule has 0 aromatic carbocycles. The van der Waals surface area contributed by atoms with Gasteiger partial charge >= 0.3 is 0 Å². The van der Waals surface area contributed by atoms with Crippen LogP contribution in [0.25, 0.3) is 0 Å². The van der Waals surface area contributed by atoms with Crippen molar-refractivity contribution in [1.29, 1.82) is 0 Å². The van der Waals surface area contributed by atoms with Crippen molar-refractivity contribution in [3.05, 3.63) is 72.9 Å². The first kappa shape index (κ1) is 40.8. The first-order valence-electron chi connectivity index (χ1n) is 17.7. The van der Waals surface area contributed by atoms with E-state index < -0.39 is 12.1 Å². The molecule has 0 unspecified atom stereocenters. The lowest BCUT2D eigenvalue weighted by Crippen LogP contribution is -2.45. The minimum Gasteiger partial charge on any atom is -0.394 e. The number of aliphatic hydroxyl groups is 2. The average molecular weight is 598 g/mol. The lowest BCUT2D eigenvalue weighted by molar-refractivity contribution is -0.122. The van der Waals surface area contributed by atoms with Crippen LogP contribution in [0.3, 0.4) is 0 Å². The molecule has 0 aliphatic heterocycles. The summed E-state index contributed by atoms with van der Waals surface area (Å²) in [6, 6.07) is -0.684. The number of hydrogen-bond donors (Lipinski definition) is 3. The van der Waals surface area contributed by atoms with Gasteiger partial charge in [-0.1, -0.05) is 157 Å². The van der Waals surface area contributed by atoms with Gasteiger partial charge in [-0.05, 0) is 57.8 Å². The van der Waals surface area contributed by atoms with Crippen molar-refractivity contribution in [3.63, 3.8) is 0 Å². The Labute approximate surface area is 266 Å². The molecule has 2 atom stereocenters. The third-order valence-corrected chi connectivity index (χ3v) is 7.47. The van der Waals surface area contributed by atoms with Gasteiger partial charge in [0.15, 0.2) is 0 Å². The van der Waals surface area contributed by atoms with E-state index in [-0.39, 0.29) is 12.5 Å². The number of carbonyl (C=O) groups excluding carboxylic acids is 1. The van der Waals surface area contributed by atoms with Crippen LogP contribution >= 0.6 is 0 Å². The molecule has 0 saturated heterocycles. The molecule has 0 radical (unpaired) electrons. The van der Waals surface area contributed by atoms with Crippen LogP contribution in [0.1, 0.15) is 149 Å². The standard InChI is InChI=1S/C39H67NO3/c1-3-5-7-9-11-13-15-16-17-18-19-20-21-22-23-24-25-27-29-31-33-35-39(43)40-37(36-41)38(42)34-32-30-28-26-14-12-10-8-6-4-2/h17-18,20-21,23-24,27-30,32,34,37-38,41-42H,3-16,19,22,25-26,31,33,35-36H2,1-2H3,(H,40,43)/b18-17+,21-20+,24-23+,29-27+,30-28+,34-32+/t37-,38+/m0/s1. The molecule has 0 aromatic heterocycles. The Morgan fingerprint density at radius 1 is 0.581 bits per heavy atom. The number of nitrogens with one attached hydrogen (secondary N) is 1. The van der Waals surface area contributed by atoms with Crippen molar-refractivity contribution < 1.29 is 15.0 Å². The first-order chi connectivity index (χ1) is 21.2. The van der Waals surface area contributed by atoms with Crippen LogP contribution in [0.2, 0.25) is 0 Å². The molecule has 0 fully saturated rings. The third-order valence-electron chi connectivity index (χ3n) is 7.47. The highest BCUT2D eigenvalue weighted by Crippen LogP contribution is 2.09. The highest BCUT2D eigenvalue weighted by atomic mass is 16.3. The summed E-state index contributed by atoms with van der Waals surface area (Å²) in [4.78, 5) is 12.2. The van der Waals surface area contributed by atoms with Gasteiger partial charge in [0.1, 0.15) is 0 Å². The van der Waals surface area contributed by atoms with E-state index in [1.807, 2.05) is 6.08 Å². The van der Waals surface area contributed by atoms with Crippen LogP contribution in [-0.2, 0) is 4.79 Å². The maximum absolute atomic E-state index is 12.2. The molecular formula is C39H67NO3. The molecule has 1 amide bonds. The molecule has 4 heteroatoms. The Kier molecular flexibility index (Phi) is 32.6. The summed E-state index contributed by atoms with van der Waals surface area (Å²) in [5, 5.41) is 22.7. The van der Waals surface area contributed by atoms with E-state index in [2.05, 4.69) is 73.8 Å². The highest BCUT2D eigenvalue weighted by Gasteiger charge is 2.17. The van der Waals surface area contributed by atoms with Crippen molar-refractivity contribution in [2.75, 3.05) is 6.61 Å². The molecule has 0 aromatic rings. The van der Waals surface area contributed by atoms with Gasteiger partial charge in [-0.25, -0.2) is 0 Å². The Morgan fingerprint density at radius 3 is 1.53 bits per heavy atom. The van der Waals surface area contributed by atoms with Gasteiger partial charge in [-0.15, -0.1) is 0 Å². The summed E-state index contributed by atoms with van der Waals surface area (Å²) in [6.07, 6.45) is 48.6. The van der Waals surface area contributed by atoms with Crippen molar-refractivity contribution in [3.8, 4) is 0 Å². The number of unbranched alkanes of at least 4 members (excludes halogenated alkanes) is 14. The minimum atomic E-state index is -0.912. The van der Waals surface area contributed by atoms with Crippen molar-refractivity contribution in [2.24, 2.45) is 0 Å². The summed E-state index contributed by atoms with van der Waals surface area (Å²) in [5.41, 5.74) is 0. The van der Waals surface area contributed by atoms with E-state index in [0.717, 1.165) is 38.5 Å². The summed E-state index contributed by atoms with van der Waals surface area (Å²) >= 11 is 0. The van der Waals surface area contributed by atoms with Gasteiger partial charge in [0, 0.05) is 6.42 Å². The molecule has 0 bridgehead atoms. The fourth-order valence-electron chi connectivity index (χ4n) is 4.70. The van der Waals surface area contributed by atoms with Gasteiger partial charge in [-0.3, -0.25) is 4.79 Å². The summed E-state index contributed by atoms with van der Waals surface area (Å²) in [7, 11) is 0. The number of hydrogen-bond acceptors (Lipinski definition) is 3. The molecule has 0 spiro atoms. The topological polar surface area (TPSA) is 69.6 Å². The van der Waals surface area contributed by atoms with Gasteiger partial charge in [0.2, 0.25) is 5.91 Å². The summed E-state index contributed by atoms with van der Waals surface area (Å²) in [5.74, 6) is -0.141. The van der Waals surface area contributed by atoms with E-state index in [0.29, 0.717) is 6.42 Å². The van der Waals surface area contributed by atoms with E-state index in [4.69, 9.17) is 0 Å². The van der Waals surface area contributed by atoms with Gasteiger partial charge in [-0.2, -0.15) is 0 Å². The average Bonchev–Trinajstić information content (AvgIpc) is 3.01. The van der Waals surface area contributed by atoms with E-state index in [1.165, 1.54) is 89.9 Å². The van der Waals surface area contributed by atoms with Gasteiger partial charge in [0.05, 0.1) is 18.8 Å². The zero-order valence-electron chi connectivity index (χ0n) is 27.9. The normalized spacial score (nSPS) is 14.0. The molecule has 43 heavy (non-hydrogen) atoms. The predicted octanol–water partition coefficient (Wildman–Crippen LogP) is 10.4. The van der Waals surface area contributed by atoms with Crippen molar-refractivity contribution >= 4 is 5.91 Å². The quantitative estimate of drug-likeness (QED) is 0.0438. The SMILES string of the molecule is CCCCCCCC/C=C/C=C/[C@@H](O)[C@H](CO)NC(=O)CCC/C=C/C/C=C/C/C=C/C/C=C/CCCCCCCCC. The lowest BCUT2D eigenvalue weighted by Gasteiger charge is -2.19. The van der Waals surface area contributed by atoms with Crippen LogP contribution in [0.4, 0.5) is 0 Å². The van der Waals surface area contributed by atoms with Crippen LogP contribution in [0.5, 0.6) is 0 Å². The number of allylic oxidation sites excluding steroid dienone is 11. The zero-order valence-corrected chi connectivity index (χ0v) is 27.9. The smallest absolute Gasteiger partial charge is 0.220 e. The minimum absolute atomic E-state index is 0.141. The molecular weight excluding hydrogens is 530 g/mol. The second kappa shape index (κ2) is 34.3. The second-order valence-electron chi connectivity index (χ2n) is 11.6. The van der Waals surface area contributed by atoms with E-state index in [9.17, 15) is 15.0 Å². The molecule has 0 rings (SSSR count). The fourth-order valence-corrected chi connectivity index (χ4v) is 4.70. The number of aliphatic hydroxyl groups excluding tert-OH is 2. The summed E-state index contributed by atoms with van der Waals surface area (Å²) < 4.78 is 0.